The Morgan fingerprint density at radius 3 is 2.68 bits per heavy atom. The lowest BCUT2D eigenvalue weighted by molar-refractivity contribution is 0.0600. The van der Waals surface area contributed by atoms with Gasteiger partial charge >= 0.3 is 5.97 Å². The third-order valence-electron chi connectivity index (χ3n) is 2.67. The fourth-order valence-electron chi connectivity index (χ4n) is 1.67. The highest BCUT2D eigenvalue weighted by Gasteiger charge is 2.09. The molecule has 0 aliphatic carbocycles. The molecule has 2 aromatic rings. The van der Waals surface area contributed by atoms with Gasteiger partial charge in [-0.05, 0) is 24.1 Å². The predicted octanol–water partition coefficient (Wildman–Crippen LogP) is 3.47. The van der Waals surface area contributed by atoms with Crippen LogP contribution in [-0.4, -0.2) is 18.1 Å². The van der Waals surface area contributed by atoms with Crippen LogP contribution >= 0.6 is 11.8 Å². The van der Waals surface area contributed by atoms with Gasteiger partial charge in [0.1, 0.15) is 0 Å². The Bertz CT molecular complexity index is 570. The number of hydrogen-bond acceptors (Lipinski definition) is 4. The smallest absolute Gasteiger partial charge is 0.339 e. The van der Waals surface area contributed by atoms with Crippen LogP contribution in [0.4, 0.5) is 0 Å². The summed E-state index contributed by atoms with van der Waals surface area (Å²) in [6, 6.07) is 12.0. The fraction of sp³-hybridized carbons (Fsp3) is 0.200. The molecule has 2 rings (SSSR count). The molecule has 0 atom stereocenters. The molecule has 0 saturated carbocycles. The Labute approximate surface area is 117 Å². The summed E-state index contributed by atoms with van der Waals surface area (Å²) in [4.78, 5) is 15.7. The summed E-state index contributed by atoms with van der Waals surface area (Å²) in [5.41, 5.74) is 2.73. The molecule has 0 unspecified atom stereocenters. The van der Waals surface area contributed by atoms with Crippen molar-refractivity contribution in [2.24, 2.45) is 0 Å². The van der Waals surface area contributed by atoms with Crippen LogP contribution in [0.25, 0.3) is 0 Å². The monoisotopic (exact) mass is 273 g/mol. The molecule has 0 amide bonds. The number of aromatic nitrogens is 1. The summed E-state index contributed by atoms with van der Waals surface area (Å²) in [6.45, 7) is 1.95. The van der Waals surface area contributed by atoms with Crippen molar-refractivity contribution in [2.45, 2.75) is 17.7 Å². The Morgan fingerprint density at radius 2 is 2.05 bits per heavy atom. The van der Waals surface area contributed by atoms with Crippen LogP contribution in [-0.2, 0) is 10.5 Å². The second kappa shape index (κ2) is 6.38. The highest BCUT2D eigenvalue weighted by atomic mass is 32.2. The molecule has 1 heterocycles. The van der Waals surface area contributed by atoms with Gasteiger partial charge in [-0.1, -0.05) is 30.3 Å². The van der Waals surface area contributed by atoms with Crippen LogP contribution in [0, 0.1) is 6.92 Å². The number of carbonyl (C=O) groups excluding carboxylic acids is 1. The van der Waals surface area contributed by atoms with Crippen LogP contribution in [0.1, 0.15) is 21.5 Å². The van der Waals surface area contributed by atoms with Crippen molar-refractivity contribution in [3.8, 4) is 0 Å². The third-order valence-corrected chi connectivity index (χ3v) is 3.85. The Kier molecular flexibility index (Phi) is 4.58. The van der Waals surface area contributed by atoms with Crippen molar-refractivity contribution in [2.75, 3.05) is 7.11 Å². The molecule has 0 aliphatic heterocycles. The van der Waals surface area contributed by atoms with Crippen molar-refractivity contribution < 1.29 is 9.53 Å². The Morgan fingerprint density at radius 1 is 1.32 bits per heavy atom. The molecule has 0 saturated heterocycles. The van der Waals surface area contributed by atoms with E-state index < -0.39 is 0 Å². The summed E-state index contributed by atoms with van der Waals surface area (Å²) in [6.07, 6.45) is 1.56. The average Bonchev–Trinajstić information content (AvgIpc) is 2.46. The molecule has 0 aliphatic rings. The molecule has 0 fully saturated rings. The van der Waals surface area contributed by atoms with Gasteiger partial charge in [0.05, 0.1) is 17.7 Å². The molecule has 0 bridgehead atoms. The van der Waals surface area contributed by atoms with E-state index in [1.54, 1.807) is 18.0 Å². The number of esters is 1. The fourth-order valence-corrected chi connectivity index (χ4v) is 2.58. The third kappa shape index (κ3) is 3.58. The first-order valence-corrected chi connectivity index (χ1v) is 6.91. The molecule has 19 heavy (non-hydrogen) atoms. The average molecular weight is 273 g/mol. The highest BCUT2D eigenvalue weighted by Crippen LogP contribution is 2.24. The van der Waals surface area contributed by atoms with E-state index >= 15 is 0 Å². The van der Waals surface area contributed by atoms with E-state index in [4.69, 9.17) is 0 Å². The first-order chi connectivity index (χ1) is 9.20. The number of methoxy groups -OCH3 is 1. The summed E-state index contributed by atoms with van der Waals surface area (Å²) < 4.78 is 4.67. The number of carbonyl (C=O) groups is 1. The van der Waals surface area contributed by atoms with Gasteiger partial charge < -0.3 is 4.74 Å². The second-order valence-corrected chi connectivity index (χ2v) is 5.08. The van der Waals surface area contributed by atoms with Crippen molar-refractivity contribution in [3.05, 3.63) is 59.3 Å². The van der Waals surface area contributed by atoms with E-state index in [-0.39, 0.29) is 5.97 Å². The first-order valence-electron chi connectivity index (χ1n) is 5.92. The molecule has 1 aromatic heterocycles. The van der Waals surface area contributed by atoms with E-state index in [0.717, 1.165) is 16.3 Å². The minimum absolute atomic E-state index is 0.352. The lowest BCUT2D eigenvalue weighted by Gasteiger charge is -2.06. The van der Waals surface area contributed by atoms with Gasteiger partial charge in [0.25, 0.3) is 0 Å². The lowest BCUT2D eigenvalue weighted by atomic mass is 10.2. The van der Waals surface area contributed by atoms with Crippen molar-refractivity contribution >= 4 is 17.7 Å². The van der Waals surface area contributed by atoms with Crippen LogP contribution in [0.3, 0.4) is 0 Å². The summed E-state index contributed by atoms with van der Waals surface area (Å²) in [7, 11) is 1.37. The number of thioether (sulfide) groups is 1. The molecule has 3 nitrogen and oxygen atoms in total. The number of ether oxygens (including phenoxy) is 1. The van der Waals surface area contributed by atoms with Crippen LogP contribution in [0.15, 0.2) is 47.6 Å². The zero-order chi connectivity index (χ0) is 13.7. The second-order valence-electron chi connectivity index (χ2n) is 4.11. The predicted molar refractivity (Wildman–Crippen MR) is 76.3 cm³/mol. The zero-order valence-electron chi connectivity index (χ0n) is 10.9. The summed E-state index contributed by atoms with van der Waals surface area (Å²) in [5.74, 6) is 0.516. The maximum atomic E-state index is 11.4. The molecular weight excluding hydrogens is 258 g/mol. The SMILES string of the molecule is COC(=O)c1cnc(SCc2ccccc2)c(C)c1. The first kappa shape index (κ1) is 13.6. The van der Waals surface area contributed by atoms with Crippen LogP contribution < -0.4 is 0 Å². The quantitative estimate of drug-likeness (QED) is 0.631. The maximum Gasteiger partial charge on any atom is 0.339 e. The Balaban J connectivity index is 2.07. The number of nitrogens with zero attached hydrogens (tertiary/aromatic N) is 1. The van der Waals surface area contributed by atoms with Crippen molar-refractivity contribution in [3.63, 3.8) is 0 Å². The van der Waals surface area contributed by atoms with Gasteiger partial charge in [0, 0.05) is 11.9 Å². The molecule has 0 spiro atoms. The normalized spacial score (nSPS) is 10.2. The van der Waals surface area contributed by atoms with E-state index in [9.17, 15) is 4.79 Å². The van der Waals surface area contributed by atoms with E-state index in [2.05, 4.69) is 21.9 Å². The molecule has 4 heteroatoms. The highest BCUT2D eigenvalue weighted by molar-refractivity contribution is 7.98. The maximum absolute atomic E-state index is 11.4. The number of pyridine rings is 1. The topological polar surface area (TPSA) is 39.2 Å². The molecule has 1 aromatic carbocycles. The molecule has 0 N–H and O–H groups in total. The van der Waals surface area contributed by atoms with Gasteiger partial charge in [-0.2, -0.15) is 0 Å². The number of aryl methyl sites for hydroxylation is 1. The van der Waals surface area contributed by atoms with E-state index in [0.29, 0.717) is 5.56 Å². The van der Waals surface area contributed by atoms with Crippen molar-refractivity contribution in [1.82, 2.24) is 4.98 Å². The van der Waals surface area contributed by atoms with E-state index in [1.807, 2.05) is 31.2 Å². The molecule has 98 valence electrons. The molecule has 0 radical (unpaired) electrons. The minimum Gasteiger partial charge on any atom is -0.465 e. The van der Waals surface area contributed by atoms with Crippen LogP contribution in [0.5, 0.6) is 0 Å². The van der Waals surface area contributed by atoms with Gasteiger partial charge in [-0.15, -0.1) is 11.8 Å². The Hall–Kier alpha value is -1.81. The lowest BCUT2D eigenvalue weighted by Crippen LogP contribution is -2.03. The minimum atomic E-state index is -0.352. The van der Waals surface area contributed by atoms with E-state index in [1.165, 1.54) is 12.7 Å². The summed E-state index contributed by atoms with van der Waals surface area (Å²) in [5, 5.41) is 0.941. The largest absolute Gasteiger partial charge is 0.465 e. The number of rotatable bonds is 4. The number of hydrogen-bond donors (Lipinski definition) is 0. The van der Waals surface area contributed by atoms with Crippen LogP contribution in [0.2, 0.25) is 0 Å². The zero-order valence-corrected chi connectivity index (χ0v) is 11.7. The summed E-state index contributed by atoms with van der Waals surface area (Å²) >= 11 is 1.66. The van der Waals surface area contributed by atoms with Gasteiger partial charge in [-0.3, -0.25) is 0 Å². The molecular formula is C15H15NO2S. The number of benzene rings is 1. The van der Waals surface area contributed by atoms with Gasteiger partial charge in [-0.25, -0.2) is 9.78 Å². The van der Waals surface area contributed by atoms with Gasteiger partial charge in [0.15, 0.2) is 0 Å². The van der Waals surface area contributed by atoms with Gasteiger partial charge in [0.2, 0.25) is 0 Å². The van der Waals surface area contributed by atoms with Crippen molar-refractivity contribution in [1.29, 1.82) is 0 Å². The standard InChI is InChI=1S/C15H15NO2S/c1-11-8-13(15(17)18-2)9-16-14(11)19-10-12-6-4-3-5-7-12/h3-9H,10H2,1-2H3.